The minimum atomic E-state index is -0.146. The number of amides is 2. The topological polar surface area (TPSA) is 97.6 Å². The number of nitrogens with zero attached hydrogens (tertiary/aromatic N) is 3. The molecular formula is C22H24N4O4S. The molecule has 2 amide bonds. The third-order valence-electron chi connectivity index (χ3n) is 5.37. The molecule has 0 spiro atoms. The number of furan rings is 1. The van der Waals surface area contributed by atoms with Crippen molar-refractivity contribution in [2.24, 2.45) is 5.92 Å². The number of aromatic nitrogens is 2. The first-order valence-corrected chi connectivity index (χ1v) is 11.0. The lowest BCUT2D eigenvalue weighted by Crippen LogP contribution is -2.41. The molecule has 1 N–H and O–H groups in total. The molecule has 1 fully saturated rings. The number of carbonyl (C=O) groups is 2. The van der Waals surface area contributed by atoms with Crippen molar-refractivity contribution in [1.82, 2.24) is 15.1 Å². The molecule has 1 aliphatic heterocycles. The van der Waals surface area contributed by atoms with E-state index in [4.69, 9.17) is 9.15 Å². The van der Waals surface area contributed by atoms with E-state index in [-0.39, 0.29) is 17.7 Å². The molecular weight excluding hydrogens is 416 g/mol. The Kier molecular flexibility index (Phi) is 6.61. The average Bonchev–Trinajstić information content (AvgIpc) is 3.50. The van der Waals surface area contributed by atoms with Gasteiger partial charge in [0.15, 0.2) is 5.76 Å². The summed E-state index contributed by atoms with van der Waals surface area (Å²) in [5.41, 5.74) is 1.19. The maximum Gasteiger partial charge on any atom is 0.289 e. The molecule has 1 aromatic carbocycles. The molecule has 0 bridgehead atoms. The van der Waals surface area contributed by atoms with Crippen LogP contribution in [0.3, 0.4) is 0 Å². The highest BCUT2D eigenvalue weighted by atomic mass is 32.1. The lowest BCUT2D eigenvalue weighted by Gasteiger charge is -2.30. The van der Waals surface area contributed by atoms with Gasteiger partial charge in [-0.05, 0) is 49.1 Å². The number of anilines is 1. The maximum atomic E-state index is 12.6. The summed E-state index contributed by atoms with van der Waals surface area (Å²) in [5, 5.41) is 12.6. The van der Waals surface area contributed by atoms with Crippen molar-refractivity contribution in [3.8, 4) is 5.75 Å². The van der Waals surface area contributed by atoms with Gasteiger partial charge < -0.3 is 19.4 Å². The first kappa shape index (κ1) is 21.0. The minimum absolute atomic E-state index is 0.0667. The highest BCUT2D eigenvalue weighted by Crippen LogP contribution is 2.23. The van der Waals surface area contributed by atoms with Crippen LogP contribution in [0.5, 0.6) is 5.75 Å². The summed E-state index contributed by atoms with van der Waals surface area (Å²) in [6.45, 7) is 1.06. The third-order valence-corrected chi connectivity index (χ3v) is 6.27. The van der Waals surface area contributed by atoms with E-state index in [1.807, 2.05) is 24.3 Å². The normalized spacial score (nSPS) is 14.4. The number of likely N-dealkylation sites (tertiary alicyclic amines) is 1. The summed E-state index contributed by atoms with van der Waals surface area (Å²) in [7, 11) is 1.65. The van der Waals surface area contributed by atoms with Crippen molar-refractivity contribution >= 4 is 28.3 Å². The summed E-state index contributed by atoms with van der Waals surface area (Å²) in [4.78, 5) is 26.7. The summed E-state index contributed by atoms with van der Waals surface area (Å²) in [6, 6.07) is 11.3. The minimum Gasteiger partial charge on any atom is -0.497 e. The molecule has 4 rings (SSSR count). The molecule has 0 saturated carbocycles. The van der Waals surface area contributed by atoms with E-state index < -0.39 is 0 Å². The van der Waals surface area contributed by atoms with Gasteiger partial charge in [0.2, 0.25) is 11.0 Å². The molecule has 31 heavy (non-hydrogen) atoms. The van der Waals surface area contributed by atoms with Gasteiger partial charge in [-0.3, -0.25) is 9.59 Å². The highest BCUT2D eigenvalue weighted by molar-refractivity contribution is 7.15. The molecule has 0 atom stereocenters. The van der Waals surface area contributed by atoms with Crippen molar-refractivity contribution < 1.29 is 18.7 Å². The van der Waals surface area contributed by atoms with E-state index in [1.165, 1.54) is 23.2 Å². The Morgan fingerprint density at radius 2 is 1.94 bits per heavy atom. The lowest BCUT2D eigenvalue weighted by molar-refractivity contribution is -0.121. The van der Waals surface area contributed by atoms with Crippen LogP contribution in [0.2, 0.25) is 0 Å². The standard InChI is InChI=1S/C22H24N4O4S/c1-29-17-7-4-15(5-8-17)6-9-19-24-25-22(31-19)23-20(27)16-10-12-26(13-11-16)21(28)18-3-2-14-30-18/h2-5,7-8,14,16H,6,9-13H2,1H3,(H,23,25,27). The fourth-order valence-corrected chi connectivity index (χ4v) is 4.30. The van der Waals surface area contributed by atoms with Crippen LogP contribution in [-0.2, 0) is 17.6 Å². The molecule has 0 unspecified atom stereocenters. The molecule has 2 aromatic heterocycles. The van der Waals surface area contributed by atoms with Crippen LogP contribution in [0.4, 0.5) is 5.13 Å². The molecule has 3 aromatic rings. The van der Waals surface area contributed by atoms with Crippen molar-refractivity contribution in [2.45, 2.75) is 25.7 Å². The second-order valence-electron chi connectivity index (χ2n) is 7.38. The molecule has 0 radical (unpaired) electrons. The van der Waals surface area contributed by atoms with E-state index >= 15 is 0 Å². The molecule has 0 aliphatic carbocycles. The molecule has 162 valence electrons. The summed E-state index contributed by atoms with van der Waals surface area (Å²) in [6.07, 6.45) is 4.31. The second kappa shape index (κ2) is 9.74. The van der Waals surface area contributed by atoms with Crippen molar-refractivity contribution in [1.29, 1.82) is 0 Å². The zero-order chi connectivity index (χ0) is 21.6. The Balaban J connectivity index is 1.24. The first-order valence-electron chi connectivity index (χ1n) is 10.2. The Morgan fingerprint density at radius 3 is 2.61 bits per heavy atom. The lowest BCUT2D eigenvalue weighted by atomic mass is 9.96. The number of hydrogen-bond donors (Lipinski definition) is 1. The Bertz CT molecular complexity index is 1010. The van der Waals surface area contributed by atoms with Crippen molar-refractivity contribution in [3.05, 3.63) is 59.0 Å². The number of nitrogens with one attached hydrogen (secondary N) is 1. The number of carbonyl (C=O) groups excluding carboxylic acids is 2. The van der Waals surface area contributed by atoms with E-state index in [9.17, 15) is 9.59 Å². The van der Waals surface area contributed by atoms with E-state index in [0.717, 1.165) is 23.6 Å². The van der Waals surface area contributed by atoms with Gasteiger partial charge in [0.25, 0.3) is 5.91 Å². The van der Waals surface area contributed by atoms with Gasteiger partial charge in [0.05, 0.1) is 13.4 Å². The van der Waals surface area contributed by atoms with E-state index in [0.29, 0.717) is 36.8 Å². The third kappa shape index (κ3) is 5.29. The van der Waals surface area contributed by atoms with E-state index in [2.05, 4.69) is 15.5 Å². The largest absolute Gasteiger partial charge is 0.497 e. The maximum absolute atomic E-state index is 12.6. The molecule has 9 heteroatoms. The smallest absolute Gasteiger partial charge is 0.289 e. The molecule has 1 aliphatic rings. The van der Waals surface area contributed by atoms with E-state index in [1.54, 1.807) is 24.1 Å². The fourth-order valence-electron chi connectivity index (χ4n) is 3.56. The number of methoxy groups -OCH3 is 1. The van der Waals surface area contributed by atoms with Gasteiger partial charge in [-0.1, -0.05) is 23.5 Å². The van der Waals surface area contributed by atoms with Crippen molar-refractivity contribution in [3.63, 3.8) is 0 Å². The van der Waals surface area contributed by atoms with Crippen LogP contribution in [0.25, 0.3) is 0 Å². The summed E-state index contributed by atoms with van der Waals surface area (Å²) < 4.78 is 10.3. The Labute approximate surface area is 184 Å². The Hall–Kier alpha value is -3.20. The average molecular weight is 441 g/mol. The van der Waals surface area contributed by atoms with Gasteiger partial charge in [0, 0.05) is 25.4 Å². The van der Waals surface area contributed by atoms with Gasteiger partial charge >= 0.3 is 0 Å². The Morgan fingerprint density at radius 1 is 1.16 bits per heavy atom. The van der Waals surface area contributed by atoms with Gasteiger partial charge in [-0.25, -0.2) is 0 Å². The molecule has 3 heterocycles. The van der Waals surface area contributed by atoms with Gasteiger partial charge in [0.1, 0.15) is 10.8 Å². The van der Waals surface area contributed by atoms with Crippen molar-refractivity contribution in [2.75, 3.05) is 25.5 Å². The summed E-state index contributed by atoms with van der Waals surface area (Å²) in [5.74, 6) is 0.824. The zero-order valence-corrected chi connectivity index (χ0v) is 18.1. The SMILES string of the molecule is COc1ccc(CCc2nnc(NC(=O)C3CCN(C(=O)c4ccco4)CC3)s2)cc1. The van der Waals surface area contributed by atoms with Crippen LogP contribution < -0.4 is 10.1 Å². The van der Waals surface area contributed by atoms with Gasteiger partial charge in [-0.15, -0.1) is 10.2 Å². The quantitative estimate of drug-likeness (QED) is 0.605. The van der Waals surface area contributed by atoms with Crippen LogP contribution in [0, 0.1) is 5.92 Å². The van der Waals surface area contributed by atoms with Crippen LogP contribution >= 0.6 is 11.3 Å². The molecule has 8 nitrogen and oxygen atoms in total. The number of ether oxygens (including phenoxy) is 1. The number of aryl methyl sites for hydroxylation is 2. The summed E-state index contributed by atoms with van der Waals surface area (Å²) >= 11 is 1.40. The number of hydrogen-bond acceptors (Lipinski definition) is 7. The predicted octanol–water partition coefficient (Wildman–Crippen LogP) is 3.42. The monoisotopic (exact) mass is 440 g/mol. The molecule has 1 saturated heterocycles. The van der Waals surface area contributed by atoms with Crippen LogP contribution in [-0.4, -0.2) is 47.1 Å². The first-order chi connectivity index (χ1) is 15.1. The number of rotatable bonds is 7. The number of piperidine rings is 1. The second-order valence-corrected chi connectivity index (χ2v) is 8.44. The number of benzene rings is 1. The van der Waals surface area contributed by atoms with Gasteiger partial charge in [-0.2, -0.15) is 0 Å². The zero-order valence-electron chi connectivity index (χ0n) is 17.2. The fraction of sp³-hybridized carbons (Fsp3) is 0.364. The highest BCUT2D eigenvalue weighted by Gasteiger charge is 2.29. The van der Waals surface area contributed by atoms with Crippen LogP contribution in [0.15, 0.2) is 47.1 Å². The van der Waals surface area contributed by atoms with Crippen LogP contribution in [0.1, 0.15) is 34.0 Å². The predicted molar refractivity (Wildman–Crippen MR) is 116 cm³/mol.